The molecule has 94 valence electrons. The summed E-state index contributed by atoms with van der Waals surface area (Å²) in [5.74, 6) is 2.08. The van der Waals surface area contributed by atoms with Crippen LogP contribution in [-0.2, 0) is 6.61 Å². The van der Waals surface area contributed by atoms with E-state index >= 15 is 0 Å². The molecule has 0 spiro atoms. The first kappa shape index (κ1) is 13.2. The highest BCUT2D eigenvalue weighted by Gasteiger charge is 2.21. The summed E-state index contributed by atoms with van der Waals surface area (Å²) < 4.78 is 0.920. The molecule has 0 amide bonds. The van der Waals surface area contributed by atoms with Gasteiger partial charge in [-0.2, -0.15) is 11.8 Å². The van der Waals surface area contributed by atoms with Crippen LogP contribution in [0.15, 0.2) is 16.7 Å². The quantitative estimate of drug-likeness (QED) is 0.930. The molecule has 5 heteroatoms. The lowest BCUT2D eigenvalue weighted by Crippen LogP contribution is -2.38. The summed E-state index contributed by atoms with van der Waals surface area (Å²) in [7, 11) is 0. The predicted molar refractivity (Wildman–Crippen MR) is 76.6 cm³/mol. The number of aromatic nitrogens is 1. The van der Waals surface area contributed by atoms with Gasteiger partial charge in [-0.05, 0) is 28.4 Å². The molecule has 1 aromatic rings. The first-order valence-electron chi connectivity index (χ1n) is 5.86. The predicted octanol–water partition coefficient (Wildman–Crippen LogP) is 2.67. The Morgan fingerprint density at radius 1 is 1.65 bits per heavy atom. The first-order valence-corrected chi connectivity index (χ1v) is 7.70. The molecule has 1 fully saturated rings. The number of anilines is 1. The Hall–Kier alpha value is -0.260. The van der Waals surface area contributed by atoms with Crippen LogP contribution in [0.3, 0.4) is 0 Å². The van der Waals surface area contributed by atoms with Gasteiger partial charge in [-0.1, -0.05) is 6.92 Å². The number of aliphatic hydroxyl groups is 1. The Morgan fingerprint density at radius 3 is 3.18 bits per heavy atom. The van der Waals surface area contributed by atoms with Crippen molar-refractivity contribution in [2.45, 2.75) is 25.2 Å². The van der Waals surface area contributed by atoms with E-state index < -0.39 is 0 Å². The van der Waals surface area contributed by atoms with Gasteiger partial charge in [-0.25, -0.2) is 4.98 Å². The number of halogens is 1. The third-order valence-corrected chi connectivity index (χ3v) is 4.78. The minimum atomic E-state index is 0.0439. The normalized spacial score (nSPS) is 20.6. The lowest BCUT2D eigenvalue weighted by Gasteiger charge is -2.33. The van der Waals surface area contributed by atoms with Gasteiger partial charge in [-0.3, -0.25) is 0 Å². The number of nitrogens with zero attached hydrogens (tertiary/aromatic N) is 2. The van der Waals surface area contributed by atoms with E-state index in [4.69, 9.17) is 0 Å². The Bertz CT molecular complexity index is 389. The van der Waals surface area contributed by atoms with Crippen LogP contribution in [-0.4, -0.2) is 34.2 Å². The van der Waals surface area contributed by atoms with E-state index in [2.05, 4.69) is 32.7 Å². The van der Waals surface area contributed by atoms with Crippen LogP contribution in [0.2, 0.25) is 0 Å². The summed E-state index contributed by atoms with van der Waals surface area (Å²) >= 11 is 5.43. The molecule has 0 aromatic carbocycles. The first-order chi connectivity index (χ1) is 8.24. The Balaban J connectivity index is 2.20. The third-order valence-electron chi connectivity index (χ3n) is 2.97. The van der Waals surface area contributed by atoms with Gasteiger partial charge < -0.3 is 10.0 Å². The minimum absolute atomic E-state index is 0.0439. The zero-order chi connectivity index (χ0) is 12.3. The van der Waals surface area contributed by atoms with Crippen molar-refractivity contribution in [1.82, 2.24) is 4.98 Å². The molecular formula is C12H17BrN2OS. The molecule has 0 aliphatic carbocycles. The molecular weight excluding hydrogens is 300 g/mol. The molecule has 1 saturated heterocycles. The summed E-state index contributed by atoms with van der Waals surface area (Å²) in [6.07, 6.45) is 2.99. The molecule has 1 aliphatic heterocycles. The Morgan fingerprint density at radius 2 is 2.47 bits per heavy atom. The smallest absolute Gasteiger partial charge is 0.134 e. The van der Waals surface area contributed by atoms with Crippen molar-refractivity contribution in [3.05, 3.63) is 22.3 Å². The van der Waals surface area contributed by atoms with E-state index in [1.165, 1.54) is 6.42 Å². The molecule has 1 aliphatic rings. The number of pyridine rings is 1. The molecule has 0 bridgehead atoms. The molecule has 1 atom stereocenters. The highest BCUT2D eigenvalue weighted by molar-refractivity contribution is 9.10. The number of aliphatic hydroxyl groups excluding tert-OH is 1. The van der Waals surface area contributed by atoms with Crippen molar-refractivity contribution >= 4 is 33.5 Å². The van der Waals surface area contributed by atoms with Crippen LogP contribution in [0, 0.1) is 0 Å². The van der Waals surface area contributed by atoms with E-state index in [9.17, 15) is 5.11 Å². The molecule has 1 N–H and O–H groups in total. The van der Waals surface area contributed by atoms with Gasteiger partial charge in [0.15, 0.2) is 0 Å². The summed E-state index contributed by atoms with van der Waals surface area (Å²) in [4.78, 5) is 6.75. The molecule has 1 unspecified atom stereocenters. The topological polar surface area (TPSA) is 36.4 Å². The Labute approximate surface area is 115 Å². The maximum Gasteiger partial charge on any atom is 0.134 e. The van der Waals surface area contributed by atoms with Crippen LogP contribution in [0.4, 0.5) is 5.82 Å². The maximum absolute atomic E-state index is 9.40. The van der Waals surface area contributed by atoms with Gasteiger partial charge in [-0.15, -0.1) is 0 Å². The SMILES string of the molecule is CCC1CN(c2ncc(Br)cc2CO)CCS1. The fourth-order valence-corrected chi connectivity index (χ4v) is 3.59. The van der Waals surface area contributed by atoms with Gasteiger partial charge in [0.2, 0.25) is 0 Å². The van der Waals surface area contributed by atoms with E-state index in [1.807, 2.05) is 17.8 Å². The monoisotopic (exact) mass is 316 g/mol. The molecule has 17 heavy (non-hydrogen) atoms. The highest BCUT2D eigenvalue weighted by atomic mass is 79.9. The lowest BCUT2D eigenvalue weighted by atomic mass is 10.2. The fourth-order valence-electron chi connectivity index (χ4n) is 2.03. The Kier molecular flexibility index (Phi) is 4.70. The standard InChI is InChI=1S/C12H17BrN2OS/c1-2-11-7-15(3-4-17-11)12-9(8-16)5-10(13)6-14-12/h5-6,11,16H,2-4,7-8H2,1H3. The molecule has 1 aromatic heterocycles. The number of hydrogen-bond acceptors (Lipinski definition) is 4. The second-order valence-corrected chi connectivity index (χ2v) is 6.47. The van der Waals surface area contributed by atoms with Gasteiger partial charge in [0, 0.05) is 40.3 Å². The highest BCUT2D eigenvalue weighted by Crippen LogP contribution is 2.28. The summed E-state index contributed by atoms with van der Waals surface area (Å²) in [6.45, 7) is 4.32. The molecule has 2 heterocycles. The van der Waals surface area contributed by atoms with Crippen molar-refractivity contribution in [3.63, 3.8) is 0 Å². The summed E-state index contributed by atoms with van der Waals surface area (Å²) in [5, 5.41) is 10.1. The van der Waals surface area contributed by atoms with E-state index in [-0.39, 0.29) is 6.61 Å². The average molecular weight is 317 g/mol. The van der Waals surface area contributed by atoms with Crippen molar-refractivity contribution in [3.8, 4) is 0 Å². The summed E-state index contributed by atoms with van der Waals surface area (Å²) in [5.41, 5.74) is 0.904. The van der Waals surface area contributed by atoms with Crippen LogP contribution >= 0.6 is 27.7 Å². The third kappa shape index (κ3) is 3.14. The molecule has 2 rings (SSSR count). The lowest BCUT2D eigenvalue weighted by molar-refractivity contribution is 0.281. The second kappa shape index (κ2) is 6.07. The number of thioether (sulfide) groups is 1. The van der Waals surface area contributed by atoms with Crippen LogP contribution in [0.1, 0.15) is 18.9 Å². The van der Waals surface area contributed by atoms with Crippen LogP contribution in [0.25, 0.3) is 0 Å². The second-order valence-electron chi connectivity index (χ2n) is 4.14. The van der Waals surface area contributed by atoms with Crippen LogP contribution in [0.5, 0.6) is 0 Å². The van der Waals surface area contributed by atoms with Crippen molar-refractivity contribution in [2.24, 2.45) is 0 Å². The van der Waals surface area contributed by atoms with Gasteiger partial charge >= 0.3 is 0 Å². The number of hydrogen-bond donors (Lipinski definition) is 1. The van der Waals surface area contributed by atoms with Gasteiger partial charge in [0.05, 0.1) is 6.61 Å². The molecule has 0 saturated carbocycles. The van der Waals surface area contributed by atoms with E-state index in [0.29, 0.717) is 5.25 Å². The van der Waals surface area contributed by atoms with Gasteiger partial charge in [0.25, 0.3) is 0 Å². The average Bonchev–Trinajstić information content (AvgIpc) is 2.38. The van der Waals surface area contributed by atoms with Gasteiger partial charge in [0.1, 0.15) is 5.82 Å². The van der Waals surface area contributed by atoms with E-state index in [1.54, 1.807) is 6.20 Å². The molecule has 3 nitrogen and oxygen atoms in total. The largest absolute Gasteiger partial charge is 0.392 e. The fraction of sp³-hybridized carbons (Fsp3) is 0.583. The zero-order valence-corrected chi connectivity index (χ0v) is 12.3. The maximum atomic E-state index is 9.40. The number of rotatable bonds is 3. The minimum Gasteiger partial charge on any atom is -0.392 e. The van der Waals surface area contributed by atoms with Crippen molar-refractivity contribution in [2.75, 3.05) is 23.7 Å². The van der Waals surface area contributed by atoms with Crippen molar-refractivity contribution in [1.29, 1.82) is 0 Å². The van der Waals surface area contributed by atoms with Crippen molar-refractivity contribution < 1.29 is 5.11 Å². The molecule has 0 radical (unpaired) electrons. The van der Waals surface area contributed by atoms with E-state index in [0.717, 1.165) is 34.7 Å². The summed E-state index contributed by atoms with van der Waals surface area (Å²) in [6, 6.07) is 1.95. The zero-order valence-electron chi connectivity index (χ0n) is 9.90. The van der Waals surface area contributed by atoms with Crippen LogP contribution < -0.4 is 4.90 Å².